The predicted molar refractivity (Wildman–Crippen MR) is 155 cm³/mol. The first kappa shape index (κ1) is 27.6. The molecule has 0 saturated carbocycles. The standard InChI is InChI=1S/C28H34N8O3/c1-35(2)9-5-8-25(37)31-21-14-19(15-23(17-21)38-3)26-24(18-29)27(30)34-28(33-26)32-20-6-4-7-22(16-20)36-10-12-39-13-11-36/h4-8,14-18,29H,9-13H2,1-3H3,(H,31,37)(H3,30,32,33,34)/b8-5+,29-18?. The van der Waals surface area contributed by atoms with Crippen molar-refractivity contribution in [3.8, 4) is 17.0 Å². The molecule has 1 aromatic heterocycles. The van der Waals surface area contributed by atoms with E-state index < -0.39 is 0 Å². The normalized spacial score (nSPS) is 13.5. The molecule has 0 radical (unpaired) electrons. The maximum absolute atomic E-state index is 12.5. The van der Waals surface area contributed by atoms with E-state index in [9.17, 15) is 4.79 Å². The van der Waals surface area contributed by atoms with Gasteiger partial charge in [-0.05, 0) is 44.4 Å². The van der Waals surface area contributed by atoms with Crippen molar-refractivity contribution < 1.29 is 14.3 Å². The van der Waals surface area contributed by atoms with E-state index in [1.54, 1.807) is 31.4 Å². The highest BCUT2D eigenvalue weighted by Crippen LogP contribution is 2.32. The van der Waals surface area contributed by atoms with Crippen LogP contribution < -0.4 is 26.0 Å². The Labute approximate surface area is 228 Å². The molecule has 1 amide bonds. The van der Waals surface area contributed by atoms with Crippen molar-refractivity contribution in [1.82, 2.24) is 14.9 Å². The third-order valence-corrected chi connectivity index (χ3v) is 6.02. The summed E-state index contributed by atoms with van der Waals surface area (Å²) in [6.45, 7) is 3.68. The molecule has 11 nitrogen and oxygen atoms in total. The lowest BCUT2D eigenvalue weighted by atomic mass is 10.1. The van der Waals surface area contributed by atoms with Crippen molar-refractivity contribution in [2.24, 2.45) is 0 Å². The van der Waals surface area contributed by atoms with Crippen LogP contribution >= 0.6 is 0 Å². The van der Waals surface area contributed by atoms with E-state index in [-0.39, 0.29) is 17.7 Å². The van der Waals surface area contributed by atoms with E-state index in [0.29, 0.717) is 48.0 Å². The van der Waals surface area contributed by atoms with Gasteiger partial charge < -0.3 is 41.1 Å². The number of nitrogens with zero attached hydrogens (tertiary/aromatic N) is 4. The Morgan fingerprint density at radius 3 is 2.69 bits per heavy atom. The molecule has 0 aliphatic carbocycles. The van der Waals surface area contributed by atoms with Crippen molar-refractivity contribution in [1.29, 1.82) is 5.41 Å². The fraction of sp³-hybridized carbons (Fsp3) is 0.286. The number of aromatic nitrogens is 2. The molecule has 11 heteroatoms. The Kier molecular flexibility index (Phi) is 9.08. The molecule has 1 saturated heterocycles. The third-order valence-electron chi connectivity index (χ3n) is 6.02. The summed E-state index contributed by atoms with van der Waals surface area (Å²) >= 11 is 0. The van der Waals surface area contributed by atoms with Crippen LogP contribution in [0, 0.1) is 5.41 Å². The third kappa shape index (κ3) is 7.30. The maximum atomic E-state index is 12.5. The van der Waals surface area contributed by atoms with Gasteiger partial charge in [-0.2, -0.15) is 4.98 Å². The molecule has 1 aliphatic heterocycles. The minimum Gasteiger partial charge on any atom is -0.497 e. The summed E-state index contributed by atoms with van der Waals surface area (Å²) in [4.78, 5) is 25.8. The predicted octanol–water partition coefficient (Wildman–Crippen LogP) is 3.37. The van der Waals surface area contributed by atoms with E-state index in [0.717, 1.165) is 30.7 Å². The van der Waals surface area contributed by atoms with Crippen molar-refractivity contribution >= 4 is 41.0 Å². The van der Waals surface area contributed by atoms with Gasteiger partial charge in [-0.1, -0.05) is 12.1 Å². The van der Waals surface area contributed by atoms with Crippen molar-refractivity contribution in [3.05, 3.63) is 60.2 Å². The number of nitrogens with one attached hydrogen (secondary N) is 3. The van der Waals surface area contributed by atoms with Crippen LogP contribution in [0.5, 0.6) is 5.75 Å². The lowest BCUT2D eigenvalue weighted by Crippen LogP contribution is -2.36. The van der Waals surface area contributed by atoms with Crippen LogP contribution in [0.3, 0.4) is 0 Å². The number of carbonyl (C=O) groups excluding carboxylic acids is 1. The Morgan fingerprint density at radius 1 is 1.18 bits per heavy atom. The first-order valence-corrected chi connectivity index (χ1v) is 12.6. The smallest absolute Gasteiger partial charge is 0.248 e. The van der Waals surface area contributed by atoms with Crippen molar-refractivity contribution in [3.63, 3.8) is 0 Å². The summed E-state index contributed by atoms with van der Waals surface area (Å²) in [6.07, 6.45) is 4.38. The minimum absolute atomic E-state index is 0.154. The van der Waals surface area contributed by atoms with Gasteiger partial charge in [0, 0.05) is 60.6 Å². The van der Waals surface area contributed by atoms with E-state index in [4.69, 9.17) is 25.6 Å². The summed E-state index contributed by atoms with van der Waals surface area (Å²) < 4.78 is 10.9. The van der Waals surface area contributed by atoms with E-state index >= 15 is 0 Å². The average Bonchev–Trinajstić information content (AvgIpc) is 2.93. The quantitative estimate of drug-likeness (QED) is 0.229. The molecular weight excluding hydrogens is 496 g/mol. The molecule has 4 rings (SSSR count). The molecule has 39 heavy (non-hydrogen) atoms. The number of amides is 1. The molecule has 0 unspecified atom stereocenters. The fourth-order valence-corrected chi connectivity index (χ4v) is 4.12. The van der Waals surface area contributed by atoms with Gasteiger partial charge in [0.1, 0.15) is 11.6 Å². The van der Waals surface area contributed by atoms with Gasteiger partial charge >= 0.3 is 0 Å². The summed E-state index contributed by atoms with van der Waals surface area (Å²) in [5.74, 6) is 0.683. The summed E-state index contributed by atoms with van der Waals surface area (Å²) in [6, 6.07) is 13.2. The number of ether oxygens (including phenoxy) is 2. The Morgan fingerprint density at radius 2 is 1.97 bits per heavy atom. The number of hydrogen-bond acceptors (Lipinski definition) is 10. The number of morpholine rings is 1. The highest BCUT2D eigenvalue weighted by atomic mass is 16.5. The maximum Gasteiger partial charge on any atom is 0.248 e. The number of rotatable bonds is 10. The number of nitrogens with two attached hydrogens (primary N) is 1. The number of nitrogen functional groups attached to an aromatic ring is 1. The summed E-state index contributed by atoms with van der Waals surface area (Å²) in [5.41, 5.74) is 10.1. The van der Waals surface area contributed by atoms with Gasteiger partial charge in [0.05, 0.1) is 31.6 Å². The second-order valence-corrected chi connectivity index (χ2v) is 9.22. The van der Waals surface area contributed by atoms with Crippen molar-refractivity contribution in [2.75, 3.05) is 75.3 Å². The highest BCUT2D eigenvalue weighted by molar-refractivity contribution is 6.00. The number of anilines is 5. The first-order valence-electron chi connectivity index (χ1n) is 12.6. The second-order valence-electron chi connectivity index (χ2n) is 9.22. The molecule has 0 spiro atoms. The molecule has 5 N–H and O–H groups in total. The number of likely N-dealkylation sites (N-methyl/N-ethyl adjacent to an activating group) is 1. The highest BCUT2D eigenvalue weighted by Gasteiger charge is 2.16. The van der Waals surface area contributed by atoms with Crippen LogP contribution in [-0.4, -0.2) is 81.0 Å². The van der Waals surface area contributed by atoms with Gasteiger partial charge in [-0.3, -0.25) is 4.79 Å². The van der Waals surface area contributed by atoms with Crippen LogP contribution in [0.2, 0.25) is 0 Å². The molecule has 1 fully saturated rings. The van der Waals surface area contributed by atoms with Crippen LogP contribution in [0.25, 0.3) is 11.3 Å². The molecule has 204 valence electrons. The van der Waals surface area contributed by atoms with E-state index in [1.165, 1.54) is 6.08 Å². The lowest BCUT2D eigenvalue weighted by Gasteiger charge is -2.29. The molecular formula is C28H34N8O3. The SMILES string of the molecule is COc1cc(NC(=O)/C=C/CN(C)C)cc(-c2nc(Nc3cccc(N4CCOCC4)c3)nc(N)c2C=N)c1. The number of carbonyl (C=O) groups is 1. The van der Waals surface area contributed by atoms with Gasteiger partial charge in [-0.25, -0.2) is 4.98 Å². The number of hydrogen-bond donors (Lipinski definition) is 4. The van der Waals surface area contributed by atoms with Gasteiger partial charge in [0.15, 0.2) is 0 Å². The van der Waals surface area contributed by atoms with Crippen LogP contribution in [0.15, 0.2) is 54.6 Å². The number of benzene rings is 2. The van der Waals surface area contributed by atoms with Crippen LogP contribution in [0.1, 0.15) is 5.56 Å². The zero-order chi connectivity index (χ0) is 27.8. The fourth-order valence-electron chi connectivity index (χ4n) is 4.12. The monoisotopic (exact) mass is 530 g/mol. The largest absolute Gasteiger partial charge is 0.497 e. The zero-order valence-electron chi connectivity index (χ0n) is 22.4. The second kappa shape index (κ2) is 12.9. The average molecular weight is 531 g/mol. The van der Waals surface area contributed by atoms with Crippen LogP contribution in [-0.2, 0) is 9.53 Å². The Bertz CT molecular complexity index is 1350. The Hall–Kier alpha value is -4.48. The number of methoxy groups -OCH3 is 1. The molecule has 2 heterocycles. The Balaban J connectivity index is 1.64. The van der Waals surface area contributed by atoms with Gasteiger partial charge in [0.25, 0.3) is 0 Å². The lowest BCUT2D eigenvalue weighted by molar-refractivity contribution is -0.111. The van der Waals surface area contributed by atoms with Crippen LogP contribution in [0.4, 0.5) is 28.8 Å². The van der Waals surface area contributed by atoms with Gasteiger partial charge in [0.2, 0.25) is 11.9 Å². The first-order chi connectivity index (χ1) is 18.9. The van der Waals surface area contributed by atoms with Gasteiger partial charge in [-0.15, -0.1) is 0 Å². The minimum atomic E-state index is -0.270. The summed E-state index contributed by atoms with van der Waals surface area (Å²) in [5, 5.41) is 14.1. The topological polar surface area (TPSA) is 142 Å². The molecule has 2 aromatic carbocycles. The summed E-state index contributed by atoms with van der Waals surface area (Å²) in [7, 11) is 5.39. The zero-order valence-corrected chi connectivity index (χ0v) is 22.4. The van der Waals surface area contributed by atoms with E-state index in [2.05, 4.69) is 26.6 Å². The molecule has 1 aliphatic rings. The van der Waals surface area contributed by atoms with E-state index in [1.807, 2.05) is 37.2 Å². The molecule has 0 atom stereocenters. The van der Waals surface area contributed by atoms with Crippen molar-refractivity contribution in [2.45, 2.75) is 0 Å². The molecule has 0 bridgehead atoms. The molecule has 3 aromatic rings.